The lowest BCUT2D eigenvalue weighted by molar-refractivity contribution is 0.574. The summed E-state index contributed by atoms with van der Waals surface area (Å²) >= 11 is 0. The van der Waals surface area contributed by atoms with Gasteiger partial charge in [-0.1, -0.05) is 0 Å². The van der Waals surface area contributed by atoms with Crippen LogP contribution in [0.25, 0.3) is 5.69 Å². The maximum absolute atomic E-state index is 13.2. The van der Waals surface area contributed by atoms with Crippen molar-refractivity contribution < 1.29 is 8.78 Å². The van der Waals surface area contributed by atoms with Crippen molar-refractivity contribution in [1.29, 1.82) is 0 Å². The van der Waals surface area contributed by atoms with Crippen LogP contribution in [0.15, 0.2) is 24.5 Å². The zero-order valence-corrected chi connectivity index (χ0v) is 6.98. The van der Waals surface area contributed by atoms with Crippen molar-refractivity contribution in [3.63, 3.8) is 0 Å². The first-order valence-electron chi connectivity index (χ1n) is 3.79. The number of halogens is 2. The molecule has 0 atom stereocenters. The summed E-state index contributed by atoms with van der Waals surface area (Å²) in [6.07, 6.45) is 1.19. The Morgan fingerprint density at radius 2 is 2.07 bits per heavy atom. The van der Waals surface area contributed by atoms with Crippen LogP contribution in [-0.4, -0.2) is 14.8 Å². The third-order valence-electron chi connectivity index (χ3n) is 1.71. The molecule has 2 rings (SSSR count). The number of anilines is 1. The highest BCUT2D eigenvalue weighted by molar-refractivity contribution is 5.38. The SMILES string of the molecule is Nc1ncnn1-c1ccc(F)cc1F. The Morgan fingerprint density at radius 1 is 1.29 bits per heavy atom. The topological polar surface area (TPSA) is 56.7 Å². The predicted octanol–water partition coefficient (Wildman–Crippen LogP) is 1.13. The first kappa shape index (κ1) is 8.61. The van der Waals surface area contributed by atoms with E-state index in [0.29, 0.717) is 0 Å². The number of rotatable bonds is 1. The molecule has 0 aliphatic carbocycles. The first-order chi connectivity index (χ1) is 6.68. The largest absolute Gasteiger partial charge is 0.368 e. The van der Waals surface area contributed by atoms with Crippen molar-refractivity contribution in [3.05, 3.63) is 36.2 Å². The Balaban J connectivity index is 2.58. The van der Waals surface area contributed by atoms with Crippen LogP contribution >= 0.6 is 0 Å². The molecule has 1 heterocycles. The van der Waals surface area contributed by atoms with Gasteiger partial charge >= 0.3 is 0 Å². The minimum absolute atomic E-state index is 0.0514. The van der Waals surface area contributed by atoms with E-state index < -0.39 is 11.6 Å². The van der Waals surface area contributed by atoms with Crippen LogP contribution in [0.2, 0.25) is 0 Å². The molecule has 0 radical (unpaired) electrons. The fraction of sp³-hybridized carbons (Fsp3) is 0. The summed E-state index contributed by atoms with van der Waals surface area (Å²) in [5.74, 6) is -1.33. The van der Waals surface area contributed by atoms with E-state index in [2.05, 4.69) is 10.1 Å². The van der Waals surface area contributed by atoms with E-state index in [1.165, 1.54) is 12.4 Å². The van der Waals surface area contributed by atoms with E-state index in [9.17, 15) is 8.78 Å². The molecule has 0 bridgehead atoms. The molecule has 0 aliphatic rings. The molecule has 0 saturated carbocycles. The summed E-state index contributed by atoms with van der Waals surface area (Å²) < 4.78 is 26.9. The highest BCUT2D eigenvalue weighted by Gasteiger charge is 2.09. The van der Waals surface area contributed by atoms with Gasteiger partial charge in [0.2, 0.25) is 5.95 Å². The van der Waals surface area contributed by atoms with Gasteiger partial charge in [0.05, 0.1) is 0 Å². The number of hydrogen-bond acceptors (Lipinski definition) is 3. The monoisotopic (exact) mass is 196 g/mol. The molecule has 0 spiro atoms. The zero-order chi connectivity index (χ0) is 10.1. The average molecular weight is 196 g/mol. The fourth-order valence-corrected chi connectivity index (χ4v) is 1.09. The van der Waals surface area contributed by atoms with E-state index in [4.69, 9.17) is 5.73 Å². The smallest absolute Gasteiger partial charge is 0.223 e. The van der Waals surface area contributed by atoms with E-state index in [-0.39, 0.29) is 11.6 Å². The molecule has 0 aliphatic heterocycles. The van der Waals surface area contributed by atoms with Crippen LogP contribution in [-0.2, 0) is 0 Å². The molecule has 0 unspecified atom stereocenters. The van der Waals surface area contributed by atoms with E-state index in [1.54, 1.807) is 0 Å². The van der Waals surface area contributed by atoms with Gasteiger partial charge in [-0.05, 0) is 12.1 Å². The second-order valence-electron chi connectivity index (χ2n) is 2.63. The lowest BCUT2D eigenvalue weighted by atomic mass is 10.3. The van der Waals surface area contributed by atoms with Gasteiger partial charge in [-0.3, -0.25) is 0 Å². The van der Waals surface area contributed by atoms with Gasteiger partial charge in [0.15, 0.2) is 5.82 Å². The highest BCUT2D eigenvalue weighted by atomic mass is 19.1. The van der Waals surface area contributed by atoms with Crippen LogP contribution in [0.4, 0.5) is 14.7 Å². The molecule has 6 heteroatoms. The molecular formula is C8H6F2N4. The second kappa shape index (κ2) is 3.06. The molecule has 2 aromatic rings. The number of nitrogens with zero attached hydrogens (tertiary/aromatic N) is 3. The van der Waals surface area contributed by atoms with Crippen molar-refractivity contribution in [1.82, 2.24) is 14.8 Å². The van der Waals surface area contributed by atoms with Gasteiger partial charge in [0.25, 0.3) is 0 Å². The number of benzene rings is 1. The van der Waals surface area contributed by atoms with Crippen LogP contribution in [0.5, 0.6) is 0 Å². The van der Waals surface area contributed by atoms with Crippen molar-refractivity contribution in [2.45, 2.75) is 0 Å². The summed E-state index contributed by atoms with van der Waals surface area (Å²) in [6.45, 7) is 0. The lowest BCUT2D eigenvalue weighted by Gasteiger charge is -2.03. The zero-order valence-electron chi connectivity index (χ0n) is 6.98. The number of hydrogen-bond donors (Lipinski definition) is 1. The van der Waals surface area contributed by atoms with Gasteiger partial charge in [-0.25, -0.2) is 8.78 Å². The molecule has 2 N–H and O–H groups in total. The Hall–Kier alpha value is -1.98. The maximum Gasteiger partial charge on any atom is 0.223 e. The average Bonchev–Trinajstić information content (AvgIpc) is 2.52. The van der Waals surface area contributed by atoms with Crippen LogP contribution in [0.1, 0.15) is 0 Å². The van der Waals surface area contributed by atoms with Gasteiger partial charge in [-0.15, -0.1) is 0 Å². The summed E-state index contributed by atoms with van der Waals surface area (Å²) in [6, 6.07) is 3.13. The van der Waals surface area contributed by atoms with Crippen molar-refractivity contribution >= 4 is 5.95 Å². The van der Waals surface area contributed by atoms with Crippen LogP contribution in [0.3, 0.4) is 0 Å². The summed E-state index contributed by atoms with van der Waals surface area (Å²) in [7, 11) is 0. The molecule has 0 amide bonds. The number of nitrogens with two attached hydrogens (primary N) is 1. The van der Waals surface area contributed by atoms with Crippen LogP contribution in [0, 0.1) is 11.6 Å². The molecule has 1 aromatic heterocycles. The molecule has 4 nitrogen and oxygen atoms in total. The van der Waals surface area contributed by atoms with E-state index >= 15 is 0 Å². The Bertz CT molecular complexity index is 466. The quantitative estimate of drug-likeness (QED) is 0.743. The van der Waals surface area contributed by atoms with Gasteiger partial charge < -0.3 is 5.73 Å². The first-order valence-corrected chi connectivity index (χ1v) is 3.79. The van der Waals surface area contributed by atoms with Crippen LogP contribution < -0.4 is 5.73 Å². The Kier molecular flexibility index (Phi) is 1.88. The fourth-order valence-electron chi connectivity index (χ4n) is 1.09. The van der Waals surface area contributed by atoms with Crippen molar-refractivity contribution in [2.75, 3.05) is 5.73 Å². The molecule has 72 valence electrons. The normalized spacial score (nSPS) is 10.4. The van der Waals surface area contributed by atoms with E-state index in [0.717, 1.165) is 16.8 Å². The molecule has 0 saturated heterocycles. The Morgan fingerprint density at radius 3 is 2.64 bits per heavy atom. The van der Waals surface area contributed by atoms with E-state index in [1.807, 2.05) is 0 Å². The Labute approximate surface area is 78.0 Å². The third kappa shape index (κ3) is 1.30. The summed E-state index contributed by atoms with van der Waals surface area (Å²) in [5, 5.41) is 3.69. The minimum atomic E-state index is -0.734. The molecule has 14 heavy (non-hydrogen) atoms. The molecule has 1 aromatic carbocycles. The van der Waals surface area contributed by atoms with Gasteiger partial charge in [0, 0.05) is 6.07 Å². The lowest BCUT2D eigenvalue weighted by Crippen LogP contribution is -2.04. The minimum Gasteiger partial charge on any atom is -0.368 e. The standard InChI is InChI=1S/C8H6F2N4/c9-5-1-2-7(6(10)3-5)14-8(11)12-4-13-14/h1-4H,(H2,11,12,13). The number of nitrogen functional groups attached to an aromatic ring is 1. The summed E-state index contributed by atoms with van der Waals surface area (Å²) in [5.41, 5.74) is 5.48. The summed E-state index contributed by atoms with van der Waals surface area (Å²) in [4.78, 5) is 3.63. The third-order valence-corrected chi connectivity index (χ3v) is 1.71. The molecule has 0 fully saturated rings. The number of aromatic nitrogens is 3. The van der Waals surface area contributed by atoms with Crippen molar-refractivity contribution in [2.24, 2.45) is 0 Å². The van der Waals surface area contributed by atoms with Gasteiger partial charge in [-0.2, -0.15) is 14.8 Å². The predicted molar refractivity (Wildman–Crippen MR) is 45.7 cm³/mol. The van der Waals surface area contributed by atoms with Crippen molar-refractivity contribution in [3.8, 4) is 5.69 Å². The maximum atomic E-state index is 13.2. The second-order valence-corrected chi connectivity index (χ2v) is 2.63. The highest BCUT2D eigenvalue weighted by Crippen LogP contribution is 2.15. The van der Waals surface area contributed by atoms with Gasteiger partial charge in [0.1, 0.15) is 17.8 Å². The molecular weight excluding hydrogens is 190 g/mol.